The molecule has 1 atom stereocenters. The first-order valence-electron chi connectivity index (χ1n) is 20.4. The van der Waals surface area contributed by atoms with Crippen molar-refractivity contribution in [2.45, 2.75) is 193 Å². The predicted octanol–water partition coefficient (Wildman–Crippen LogP) is 13.3. The molecule has 0 saturated heterocycles. The summed E-state index contributed by atoms with van der Waals surface area (Å²) in [6.07, 6.45) is 54.5. The molecule has 4 nitrogen and oxygen atoms in total. The number of hydrogen-bond acceptors (Lipinski definition) is 4. The van der Waals surface area contributed by atoms with Crippen molar-refractivity contribution in [3.05, 3.63) is 60.8 Å². The van der Waals surface area contributed by atoms with Crippen LogP contribution in [0.1, 0.15) is 187 Å². The molecule has 0 radical (unpaired) electrons. The molecule has 0 aromatic rings. The average Bonchev–Trinajstić information content (AvgIpc) is 3.09. The molecule has 4 heteroatoms. The summed E-state index contributed by atoms with van der Waals surface area (Å²) in [7, 11) is 0. The molecule has 0 rings (SSSR count). The van der Waals surface area contributed by atoms with Gasteiger partial charge in [0.2, 0.25) is 0 Å². The Balaban J connectivity index is 3.50. The van der Waals surface area contributed by atoms with E-state index in [0.717, 1.165) is 38.5 Å². The van der Waals surface area contributed by atoms with Gasteiger partial charge in [0.1, 0.15) is 6.10 Å². The van der Waals surface area contributed by atoms with E-state index in [1.807, 2.05) is 12.2 Å². The minimum atomic E-state index is -0.588. The number of allylic oxidation sites excluding steroid dienone is 9. The molecule has 278 valence electrons. The van der Waals surface area contributed by atoms with Gasteiger partial charge >= 0.3 is 5.97 Å². The van der Waals surface area contributed by atoms with Crippen LogP contribution in [0.15, 0.2) is 60.8 Å². The lowest BCUT2D eigenvalue weighted by molar-refractivity contribution is -0.153. The van der Waals surface area contributed by atoms with Gasteiger partial charge in [-0.1, -0.05) is 203 Å². The molecule has 0 amide bonds. The Morgan fingerprint density at radius 3 is 1.23 bits per heavy atom. The maximum Gasteiger partial charge on any atom is 0.310 e. The molecule has 1 N–H and O–H groups in total. The predicted molar refractivity (Wildman–Crippen MR) is 209 cm³/mol. The molecule has 0 saturated carbocycles. The van der Waals surface area contributed by atoms with Gasteiger partial charge in [0.15, 0.2) is 0 Å². The highest BCUT2D eigenvalue weighted by Gasteiger charge is 2.12. The maximum absolute atomic E-state index is 12.1. The first-order valence-corrected chi connectivity index (χ1v) is 20.4. The normalized spacial score (nSPS) is 13.0. The topological polar surface area (TPSA) is 55.8 Å². The van der Waals surface area contributed by atoms with E-state index in [0.29, 0.717) is 6.61 Å². The molecule has 48 heavy (non-hydrogen) atoms. The lowest BCUT2D eigenvalue weighted by Gasteiger charge is -2.15. The van der Waals surface area contributed by atoms with E-state index in [1.165, 1.54) is 128 Å². The summed E-state index contributed by atoms with van der Waals surface area (Å²) in [5, 5.41) is 9.56. The number of unbranched alkanes of at least 4 members (excludes halogenated alkanes) is 20. The van der Waals surface area contributed by atoms with Crippen LogP contribution in [0.5, 0.6) is 0 Å². The Kier molecular flexibility index (Phi) is 39.6. The van der Waals surface area contributed by atoms with Gasteiger partial charge in [-0.05, 0) is 38.5 Å². The van der Waals surface area contributed by atoms with Crippen LogP contribution < -0.4 is 0 Å². The second-order valence-electron chi connectivity index (χ2n) is 13.4. The molecule has 0 bridgehead atoms. The highest BCUT2D eigenvalue weighted by molar-refractivity contribution is 5.71. The van der Waals surface area contributed by atoms with Crippen LogP contribution in [0.4, 0.5) is 0 Å². The van der Waals surface area contributed by atoms with Crippen molar-refractivity contribution in [3.63, 3.8) is 0 Å². The smallest absolute Gasteiger partial charge is 0.310 e. The third-order valence-corrected chi connectivity index (χ3v) is 8.64. The summed E-state index contributed by atoms with van der Waals surface area (Å²) in [6, 6.07) is 0. The number of carbonyl (C=O) groups excluding carboxylic acids is 1. The quantitative estimate of drug-likeness (QED) is 0.0406. The van der Waals surface area contributed by atoms with Gasteiger partial charge < -0.3 is 14.6 Å². The fourth-order valence-corrected chi connectivity index (χ4v) is 5.64. The number of esters is 1. The fourth-order valence-electron chi connectivity index (χ4n) is 5.64. The van der Waals surface area contributed by atoms with E-state index in [9.17, 15) is 9.90 Å². The van der Waals surface area contributed by atoms with Gasteiger partial charge in [-0.25, -0.2) is 0 Å². The van der Waals surface area contributed by atoms with Gasteiger partial charge in [-0.2, -0.15) is 0 Å². The number of hydrogen-bond donors (Lipinski definition) is 1. The Morgan fingerprint density at radius 2 is 0.854 bits per heavy atom. The number of rotatable bonds is 37. The van der Waals surface area contributed by atoms with Crippen molar-refractivity contribution in [2.75, 3.05) is 19.8 Å². The number of aliphatic hydroxyl groups excluding tert-OH is 1. The fraction of sp³-hybridized carbons (Fsp3) is 0.750. The molecule has 0 aliphatic carbocycles. The lowest BCUT2D eigenvalue weighted by Crippen LogP contribution is -2.27. The van der Waals surface area contributed by atoms with Crippen molar-refractivity contribution in [1.82, 2.24) is 0 Å². The summed E-state index contributed by atoms with van der Waals surface area (Å²) in [5.41, 5.74) is 0. The van der Waals surface area contributed by atoms with Crippen LogP contribution in [0, 0.1) is 0 Å². The van der Waals surface area contributed by atoms with Crippen LogP contribution in [-0.4, -0.2) is 37.0 Å². The SMILES string of the molecule is CC/C=C\C/C=C\C/C=C\C/C=C\C/C=C\CC(=O)OC(CO)COCCCCCCCCCCCCCCCCCCCCCCC. The molecule has 0 spiro atoms. The number of aliphatic hydroxyl groups is 1. The van der Waals surface area contributed by atoms with Gasteiger partial charge in [-0.15, -0.1) is 0 Å². The monoisotopic (exact) mass is 671 g/mol. The van der Waals surface area contributed by atoms with Crippen LogP contribution in [-0.2, 0) is 14.3 Å². The Bertz CT molecular complexity index is 794. The largest absolute Gasteiger partial charge is 0.457 e. The van der Waals surface area contributed by atoms with E-state index in [-0.39, 0.29) is 25.6 Å². The molecule has 1 unspecified atom stereocenters. The van der Waals surface area contributed by atoms with Crippen molar-refractivity contribution >= 4 is 5.97 Å². The summed E-state index contributed by atoms with van der Waals surface area (Å²) in [4.78, 5) is 12.1. The Labute approximate surface area is 298 Å². The van der Waals surface area contributed by atoms with E-state index >= 15 is 0 Å². The highest BCUT2D eigenvalue weighted by Crippen LogP contribution is 2.15. The molecular formula is C44H78O4. The molecule has 0 aliphatic heterocycles. The molecule has 0 fully saturated rings. The zero-order valence-corrected chi connectivity index (χ0v) is 31.7. The summed E-state index contributed by atoms with van der Waals surface area (Å²) in [6.45, 7) is 5.14. The molecule has 0 heterocycles. The van der Waals surface area contributed by atoms with Crippen LogP contribution in [0.25, 0.3) is 0 Å². The minimum absolute atomic E-state index is 0.212. The zero-order valence-electron chi connectivity index (χ0n) is 31.7. The first-order chi connectivity index (χ1) is 23.7. The Morgan fingerprint density at radius 1 is 0.500 bits per heavy atom. The van der Waals surface area contributed by atoms with Crippen LogP contribution in [0.2, 0.25) is 0 Å². The van der Waals surface area contributed by atoms with Gasteiger partial charge in [-0.3, -0.25) is 4.79 Å². The van der Waals surface area contributed by atoms with E-state index in [1.54, 1.807) is 0 Å². The van der Waals surface area contributed by atoms with E-state index in [4.69, 9.17) is 9.47 Å². The van der Waals surface area contributed by atoms with Gasteiger partial charge in [0, 0.05) is 6.61 Å². The number of carbonyl (C=O) groups is 1. The van der Waals surface area contributed by atoms with Crippen molar-refractivity contribution < 1.29 is 19.4 Å². The van der Waals surface area contributed by atoms with Gasteiger partial charge in [0.25, 0.3) is 0 Å². The van der Waals surface area contributed by atoms with Crippen molar-refractivity contribution in [3.8, 4) is 0 Å². The third kappa shape index (κ3) is 38.5. The average molecular weight is 671 g/mol. The molecule has 0 aromatic heterocycles. The first kappa shape index (κ1) is 46.1. The minimum Gasteiger partial charge on any atom is -0.457 e. The number of ether oxygens (including phenoxy) is 2. The van der Waals surface area contributed by atoms with Crippen LogP contribution >= 0.6 is 0 Å². The standard InChI is InChI=1S/C44H78O4/c1-3-5-7-9-11-13-15-17-19-20-21-22-23-24-26-28-30-32-34-36-38-40-47-42-43(41-45)48-44(46)39-37-35-33-31-29-27-25-18-16-14-12-10-8-6-4-2/h6,8,12,14,18,25,29,31,35,37,43,45H,3-5,7,9-11,13,15-17,19-24,26-28,30,32-34,36,38-42H2,1-2H3/b8-6-,14-12-,25-18-,31-29-,37-35-. The van der Waals surface area contributed by atoms with Crippen molar-refractivity contribution in [1.29, 1.82) is 0 Å². The molecule has 0 aliphatic rings. The summed E-state index contributed by atoms with van der Waals surface area (Å²) < 4.78 is 11.0. The zero-order chi connectivity index (χ0) is 34.9. The third-order valence-electron chi connectivity index (χ3n) is 8.64. The summed E-state index contributed by atoms with van der Waals surface area (Å²) in [5.74, 6) is -0.326. The summed E-state index contributed by atoms with van der Waals surface area (Å²) >= 11 is 0. The van der Waals surface area contributed by atoms with Crippen molar-refractivity contribution in [2.24, 2.45) is 0 Å². The van der Waals surface area contributed by atoms with E-state index < -0.39 is 6.10 Å². The van der Waals surface area contributed by atoms with Gasteiger partial charge in [0.05, 0.1) is 19.6 Å². The Hall–Kier alpha value is -1.91. The maximum atomic E-state index is 12.1. The second-order valence-corrected chi connectivity index (χ2v) is 13.4. The lowest BCUT2D eigenvalue weighted by atomic mass is 10.0. The van der Waals surface area contributed by atoms with Crippen LogP contribution in [0.3, 0.4) is 0 Å². The van der Waals surface area contributed by atoms with E-state index in [2.05, 4.69) is 62.5 Å². The molecule has 0 aromatic carbocycles. The second kappa shape index (κ2) is 41.3. The highest BCUT2D eigenvalue weighted by atomic mass is 16.6. The molecular weight excluding hydrogens is 592 g/mol.